The van der Waals surface area contributed by atoms with Gasteiger partial charge in [0, 0.05) is 13.6 Å². The molecule has 0 radical (unpaired) electrons. The Kier molecular flexibility index (Phi) is 4.58. The fraction of sp³-hybridized carbons (Fsp3) is 0.235. The number of nitrogens with zero attached hydrogens (tertiary/aromatic N) is 1. The van der Waals surface area contributed by atoms with E-state index >= 15 is 0 Å². The lowest BCUT2D eigenvalue weighted by atomic mass is 10.1. The van der Waals surface area contributed by atoms with E-state index in [1.807, 2.05) is 31.0 Å². The van der Waals surface area contributed by atoms with Gasteiger partial charge in [0.1, 0.15) is 5.82 Å². The third kappa shape index (κ3) is 3.40. The number of esters is 1. The Balaban J connectivity index is 2.30. The third-order valence-corrected chi connectivity index (χ3v) is 3.44. The molecule has 0 aliphatic heterocycles. The van der Waals surface area contributed by atoms with Crippen LogP contribution in [-0.2, 0) is 11.3 Å². The summed E-state index contributed by atoms with van der Waals surface area (Å²) in [4.78, 5) is 13.7. The van der Waals surface area contributed by atoms with Crippen LogP contribution in [0.4, 0.5) is 10.1 Å². The lowest BCUT2D eigenvalue weighted by Gasteiger charge is -2.22. The van der Waals surface area contributed by atoms with Crippen LogP contribution in [0.1, 0.15) is 21.5 Å². The molecular weight excluding hydrogens is 269 g/mol. The van der Waals surface area contributed by atoms with E-state index in [0.717, 1.165) is 16.8 Å². The van der Waals surface area contributed by atoms with Gasteiger partial charge in [-0.15, -0.1) is 0 Å². The van der Waals surface area contributed by atoms with Crippen molar-refractivity contribution in [3.05, 3.63) is 65.0 Å². The van der Waals surface area contributed by atoms with Crippen LogP contribution < -0.4 is 4.90 Å². The number of halogens is 1. The van der Waals surface area contributed by atoms with Gasteiger partial charge in [-0.1, -0.05) is 18.2 Å². The second-order valence-electron chi connectivity index (χ2n) is 4.94. The lowest BCUT2D eigenvalue weighted by Crippen LogP contribution is -2.20. The highest BCUT2D eigenvalue weighted by Gasteiger charge is 2.15. The highest BCUT2D eigenvalue weighted by atomic mass is 19.1. The standard InChI is InChI=1S/C17H18FNO2/c1-12-8-9-14(18)10-13(12)11-19(2)16-7-5-4-6-15(16)17(20)21-3/h4-10H,11H2,1-3H3. The summed E-state index contributed by atoms with van der Waals surface area (Å²) >= 11 is 0. The molecule has 0 aromatic heterocycles. The maximum Gasteiger partial charge on any atom is 0.339 e. The number of aryl methyl sites for hydroxylation is 1. The Morgan fingerprint density at radius 3 is 2.67 bits per heavy atom. The Labute approximate surface area is 124 Å². The van der Waals surface area contributed by atoms with Gasteiger partial charge in [-0.05, 0) is 42.3 Å². The predicted octanol–water partition coefficient (Wildman–Crippen LogP) is 3.56. The molecule has 0 saturated heterocycles. The fourth-order valence-corrected chi connectivity index (χ4v) is 2.24. The van der Waals surface area contributed by atoms with Crippen LogP contribution in [0.15, 0.2) is 42.5 Å². The molecule has 0 saturated carbocycles. The Hall–Kier alpha value is -2.36. The Bertz CT molecular complexity index is 655. The van der Waals surface area contributed by atoms with Crippen LogP contribution in [0.5, 0.6) is 0 Å². The number of hydrogen-bond donors (Lipinski definition) is 0. The van der Waals surface area contributed by atoms with E-state index in [1.165, 1.54) is 19.2 Å². The van der Waals surface area contributed by atoms with Crippen molar-refractivity contribution in [1.29, 1.82) is 0 Å². The molecule has 0 amide bonds. The average Bonchev–Trinajstić information content (AvgIpc) is 2.50. The summed E-state index contributed by atoms with van der Waals surface area (Å²) < 4.78 is 18.2. The quantitative estimate of drug-likeness (QED) is 0.805. The number of para-hydroxylation sites is 1. The Morgan fingerprint density at radius 2 is 1.95 bits per heavy atom. The normalized spacial score (nSPS) is 10.3. The van der Waals surface area contributed by atoms with Crippen molar-refractivity contribution in [2.24, 2.45) is 0 Å². The van der Waals surface area contributed by atoms with Gasteiger partial charge in [0.2, 0.25) is 0 Å². The van der Waals surface area contributed by atoms with Gasteiger partial charge in [-0.3, -0.25) is 0 Å². The molecule has 0 aliphatic carbocycles. The summed E-state index contributed by atoms with van der Waals surface area (Å²) in [5, 5.41) is 0. The van der Waals surface area contributed by atoms with E-state index in [0.29, 0.717) is 12.1 Å². The molecule has 0 aliphatic rings. The van der Waals surface area contributed by atoms with E-state index in [4.69, 9.17) is 4.74 Å². The van der Waals surface area contributed by atoms with Crippen LogP contribution in [-0.4, -0.2) is 20.1 Å². The molecule has 0 spiro atoms. The molecule has 110 valence electrons. The maximum atomic E-state index is 13.4. The van der Waals surface area contributed by atoms with Gasteiger partial charge in [0.05, 0.1) is 18.4 Å². The van der Waals surface area contributed by atoms with E-state index in [9.17, 15) is 9.18 Å². The zero-order valence-electron chi connectivity index (χ0n) is 12.4. The maximum absolute atomic E-state index is 13.4. The second-order valence-corrected chi connectivity index (χ2v) is 4.94. The topological polar surface area (TPSA) is 29.5 Å². The SMILES string of the molecule is COC(=O)c1ccccc1N(C)Cc1cc(F)ccc1C. The number of carbonyl (C=O) groups excluding carboxylic acids is 1. The molecule has 4 heteroatoms. The largest absolute Gasteiger partial charge is 0.465 e. The highest BCUT2D eigenvalue weighted by molar-refractivity contribution is 5.95. The summed E-state index contributed by atoms with van der Waals surface area (Å²) in [6.07, 6.45) is 0. The van der Waals surface area contributed by atoms with Gasteiger partial charge in [0.25, 0.3) is 0 Å². The first-order chi connectivity index (χ1) is 10.0. The third-order valence-electron chi connectivity index (χ3n) is 3.44. The molecule has 0 atom stereocenters. The van der Waals surface area contributed by atoms with Gasteiger partial charge in [-0.2, -0.15) is 0 Å². The molecule has 0 bridgehead atoms. The molecule has 0 fully saturated rings. The van der Waals surface area contributed by atoms with E-state index in [1.54, 1.807) is 18.2 Å². The van der Waals surface area contributed by atoms with Gasteiger partial charge < -0.3 is 9.64 Å². The molecule has 0 N–H and O–H groups in total. The summed E-state index contributed by atoms with van der Waals surface area (Å²) in [6.45, 7) is 2.45. The van der Waals surface area contributed by atoms with Crippen LogP contribution in [0, 0.1) is 12.7 Å². The fourth-order valence-electron chi connectivity index (χ4n) is 2.24. The smallest absolute Gasteiger partial charge is 0.339 e. The summed E-state index contributed by atoms with van der Waals surface area (Å²) in [5.74, 6) is -0.640. The van der Waals surface area contributed by atoms with Crippen LogP contribution in [0.2, 0.25) is 0 Å². The summed E-state index contributed by atoms with van der Waals surface area (Å²) in [5.41, 5.74) is 3.15. The summed E-state index contributed by atoms with van der Waals surface area (Å²) in [6, 6.07) is 11.9. The van der Waals surface area contributed by atoms with Crippen molar-refractivity contribution in [2.75, 3.05) is 19.1 Å². The zero-order valence-corrected chi connectivity index (χ0v) is 12.4. The lowest BCUT2D eigenvalue weighted by molar-refractivity contribution is 0.0601. The highest BCUT2D eigenvalue weighted by Crippen LogP contribution is 2.23. The minimum Gasteiger partial charge on any atom is -0.465 e. The molecule has 2 rings (SSSR count). The van der Waals surface area contributed by atoms with Crippen molar-refractivity contribution in [3.8, 4) is 0 Å². The van der Waals surface area contributed by atoms with Crippen molar-refractivity contribution in [1.82, 2.24) is 0 Å². The number of anilines is 1. The van der Waals surface area contributed by atoms with Crippen LogP contribution in [0.25, 0.3) is 0 Å². The molecule has 0 heterocycles. The monoisotopic (exact) mass is 287 g/mol. The average molecular weight is 287 g/mol. The minimum atomic E-state index is -0.381. The molecule has 0 unspecified atom stereocenters. The van der Waals surface area contributed by atoms with Crippen molar-refractivity contribution in [3.63, 3.8) is 0 Å². The van der Waals surface area contributed by atoms with E-state index in [-0.39, 0.29) is 11.8 Å². The first-order valence-electron chi connectivity index (χ1n) is 6.66. The zero-order chi connectivity index (χ0) is 15.4. The predicted molar refractivity (Wildman–Crippen MR) is 81.0 cm³/mol. The number of hydrogen-bond acceptors (Lipinski definition) is 3. The molecular formula is C17H18FNO2. The Morgan fingerprint density at radius 1 is 1.24 bits per heavy atom. The number of methoxy groups -OCH3 is 1. The number of benzene rings is 2. The molecule has 2 aromatic carbocycles. The van der Waals surface area contributed by atoms with Gasteiger partial charge >= 0.3 is 5.97 Å². The van der Waals surface area contributed by atoms with Gasteiger partial charge in [-0.25, -0.2) is 9.18 Å². The number of rotatable bonds is 4. The first kappa shape index (κ1) is 15.0. The van der Waals surface area contributed by atoms with Crippen molar-refractivity contribution in [2.45, 2.75) is 13.5 Å². The van der Waals surface area contributed by atoms with Crippen LogP contribution >= 0.6 is 0 Å². The number of ether oxygens (including phenoxy) is 1. The molecule has 3 nitrogen and oxygen atoms in total. The number of carbonyl (C=O) groups is 1. The van der Waals surface area contributed by atoms with E-state index < -0.39 is 0 Å². The summed E-state index contributed by atoms with van der Waals surface area (Å²) in [7, 11) is 3.22. The molecule has 21 heavy (non-hydrogen) atoms. The van der Waals surface area contributed by atoms with Crippen molar-refractivity contribution < 1.29 is 13.9 Å². The molecule has 2 aromatic rings. The second kappa shape index (κ2) is 6.39. The first-order valence-corrected chi connectivity index (χ1v) is 6.66. The minimum absolute atomic E-state index is 0.259. The van der Waals surface area contributed by atoms with Gasteiger partial charge in [0.15, 0.2) is 0 Å². The van der Waals surface area contributed by atoms with E-state index in [2.05, 4.69) is 0 Å². The van der Waals surface area contributed by atoms with Crippen molar-refractivity contribution >= 4 is 11.7 Å². The van der Waals surface area contributed by atoms with Crippen LogP contribution in [0.3, 0.4) is 0 Å².